The zero-order valence-corrected chi connectivity index (χ0v) is 27.9. The predicted octanol–water partition coefficient (Wildman–Crippen LogP) is 12.5. The molecule has 0 radical (unpaired) electrons. The summed E-state index contributed by atoms with van der Waals surface area (Å²) < 4.78 is 6.31. The van der Waals surface area contributed by atoms with Crippen LogP contribution in [0.1, 0.15) is 0 Å². The van der Waals surface area contributed by atoms with Gasteiger partial charge in [0.05, 0.1) is 11.4 Å². The molecule has 10 aromatic rings. The van der Waals surface area contributed by atoms with E-state index in [9.17, 15) is 0 Å². The lowest BCUT2D eigenvalue weighted by Crippen LogP contribution is -2.18. The monoisotopic (exact) mass is 664 g/mol. The Labute approximate surface area is 299 Å². The van der Waals surface area contributed by atoms with E-state index in [0.717, 1.165) is 66.5 Å². The fourth-order valence-electron chi connectivity index (χ4n) is 7.74. The van der Waals surface area contributed by atoms with Gasteiger partial charge in [-0.3, -0.25) is 4.90 Å². The van der Waals surface area contributed by atoms with Crippen LogP contribution < -0.4 is 4.90 Å². The lowest BCUT2D eigenvalue weighted by Gasteiger charge is -2.32. The smallest absolute Gasteiger partial charge is 0.238 e. The van der Waals surface area contributed by atoms with Crippen molar-refractivity contribution in [3.05, 3.63) is 170 Å². The number of rotatable bonds is 4. The van der Waals surface area contributed by atoms with Crippen LogP contribution >= 0.6 is 0 Å². The van der Waals surface area contributed by atoms with Gasteiger partial charge >= 0.3 is 0 Å². The molecule has 2 aromatic heterocycles. The first-order valence-electron chi connectivity index (χ1n) is 17.4. The number of aromatic nitrogens is 3. The second-order valence-corrected chi connectivity index (χ2v) is 13.3. The molecule has 5 heteroatoms. The van der Waals surface area contributed by atoms with E-state index >= 15 is 0 Å². The van der Waals surface area contributed by atoms with Crippen molar-refractivity contribution in [2.24, 2.45) is 0 Å². The molecule has 52 heavy (non-hydrogen) atoms. The molecule has 0 bridgehead atoms. The molecule has 0 unspecified atom stereocenters. The van der Waals surface area contributed by atoms with Crippen molar-refractivity contribution < 1.29 is 4.42 Å². The minimum Gasteiger partial charge on any atom is -0.456 e. The van der Waals surface area contributed by atoms with E-state index in [4.69, 9.17) is 19.4 Å². The van der Waals surface area contributed by atoms with Crippen LogP contribution in [0.3, 0.4) is 0 Å². The molecule has 3 heterocycles. The number of nitrogens with zero attached hydrogens (tertiary/aromatic N) is 4. The van der Waals surface area contributed by atoms with Crippen LogP contribution in [0.15, 0.2) is 174 Å². The molecule has 1 aliphatic rings. The molecule has 0 atom stereocenters. The second kappa shape index (κ2) is 11.2. The van der Waals surface area contributed by atoms with Crippen molar-refractivity contribution in [2.75, 3.05) is 4.90 Å². The van der Waals surface area contributed by atoms with Crippen molar-refractivity contribution in [1.82, 2.24) is 15.0 Å². The Hall–Kier alpha value is -7.11. The van der Waals surface area contributed by atoms with E-state index in [0.29, 0.717) is 17.6 Å². The first kappa shape index (κ1) is 28.7. The average molecular weight is 665 g/mol. The lowest BCUT2D eigenvalue weighted by molar-refractivity contribution is 0.669. The third kappa shape index (κ3) is 4.46. The summed E-state index contributed by atoms with van der Waals surface area (Å²) in [6.45, 7) is 0. The van der Waals surface area contributed by atoms with E-state index in [-0.39, 0.29) is 0 Å². The van der Waals surface area contributed by atoms with Crippen molar-refractivity contribution >= 4 is 60.8 Å². The van der Waals surface area contributed by atoms with Crippen molar-refractivity contribution in [2.45, 2.75) is 0 Å². The summed E-state index contributed by atoms with van der Waals surface area (Å²) in [5, 5.41) is 6.83. The normalized spacial score (nSPS) is 12.2. The molecule has 1 aliphatic heterocycles. The predicted molar refractivity (Wildman–Crippen MR) is 212 cm³/mol. The Morgan fingerprint density at radius 2 is 1.02 bits per heavy atom. The Bertz CT molecular complexity index is 3020. The van der Waals surface area contributed by atoms with E-state index in [1.54, 1.807) is 0 Å². The zero-order valence-electron chi connectivity index (χ0n) is 27.9. The second-order valence-electron chi connectivity index (χ2n) is 13.3. The van der Waals surface area contributed by atoms with E-state index in [1.807, 2.05) is 30.3 Å². The highest BCUT2D eigenvalue weighted by Gasteiger charge is 2.29. The lowest BCUT2D eigenvalue weighted by atomic mass is 9.90. The highest BCUT2D eigenvalue weighted by molar-refractivity contribution is 6.15. The SMILES string of the molecule is c1ccc(-c2ccc(-c3nc(-c4ccc5c(c4)oc4ccccc45)nc(N4c5cc6ccccc6cc5-c5cccc6cccc4c56)n3)cc2)cc1. The first-order chi connectivity index (χ1) is 25.7. The zero-order chi connectivity index (χ0) is 34.2. The summed E-state index contributed by atoms with van der Waals surface area (Å²) in [6.07, 6.45) is 0. The largest absolute Gasteiger partial charge is 0.456 e. The number of hydrogen-bond donors (Lipinski definition) is 0. The molecular weight excluding hydrogens is 637 g/mol. The van der Waals surface area contributed by atoms with Crippen LogP contribution in [-0.4, -0.2) is 15.0 Å². The molecule has 11 rings (SSSR count). The molecule has 0 aliphatic carbocycles. The molecule has 0 spiro atoms. The maximum atomic E-state index is 6.31. The molecule has 8 aromatic carbocycles. The van der Waals surface area contributed by atoms with Gasteiger partial charge in [0.25, 0.3) is 0 Å². The van der Waals surface area contributed by atoms with Crippen molar-refractivity contribution in [3.63, 3.8) is 0 Å². The van der Waals surface area contributed by atoms with Gasteiger partial charge in [0, 0.05) is 32.8 Å². The van der Waals surface area contributed by atoms with Gasteiger partial charge in [0.1, 0.15) is 11.2 Å². The van der Waals surface area contributed by atoms with Crippen LogP contribution in [0.5, 0.6) is 0 Å². The summed E-state index contributed by atoms with van der Waals surface area (Å²) >= 11 is 0. The number of furan rings is 1. The van der Waals surface area contributed by atoms with Crippen LogP contribution in [0, 0.1) is 0 Å². The van der Waals surface area contributed by atoms with Crippen molar-refractivity contribution in [1.29, 1.82) is 0 Å². The summed E-state index contributed by atoms with van der Waals surface area (Å²) in [4.78, 5) is 17.9. The quantitative estimate of drug-likeness (QED) is 0.187. The van der Waals surface area contributed by atoms with E-state index in [1.165, 1.54) is 21.7 Å². The van der Waals surface area contributed by atoms with Gasteiger partial charge in [-0.05, 0) is 69.2 Å². The number of anilines is 3. The summed E-state index contributed by atoms with van der Waals surface area (Å²) in [5.41, 5.74) is 10.1. The first-order valence-corrected chi connectivity index (χ1v) is 17.4. The molecule has 0 saturated heterocycles. The fraction of sp³-hybridized carbons (Fsp3) is 0. The topological polar surface area (TPSA) is 55.1 Å². The van der Waals surface area contributed by atoms with Gasteiger partial charge in [0.15, 0.2) is 11.6 Å². The Morgan fingerprint density at radius 1 is 0.385 bits per heavy atom. The number of benzene rings is 8. The maximum absolute atomic E-state index is 6.31. The Balaban J connectivity index is 1.16. The van der Waals surface area contributed by atoms with Gasteiger partial charge in [0.2, 0.25) is 5.95 Å². The van der Waals surface area contributed by atoms with Crippen LogP contribution in [0.2, 0.25) is 0 Å². The van der Waals surface area contributed by atoms with Crippen LogP contribution in [-0.2, 0) is 0 Å². The van der Waals surface area contributed by atoms with Crippen molar-refractivity contribution in [3.8, 4) is 45.0 Å². The van der Waals surface area contributed by atoms with Gasteiger partial charge in [-0.25, -0.2) is 4.98 Å². The minimum absolute atomic E-state index is 0.551. The summed E-state index contributed by atoms with van der Waals surface area (Å²) in [6, 6.07) is 59.3. The molecule has 0 amide bonds. The highest BCUT2D eigenvalue weighted by Crippen LogP contribution is 2.51. The molecule has 0 saturated carbocycles. The minimum atomic E-state index is 0.551. The fourth-order valence-corrected chi connectivity index (χ4v) is 7.74. The number of para-hydroxylation sites is 1. The molecular formula is C47H28N4O. The molecule has 5 nitrogen and oxygen atoms in total. The maximum Gasteiger partial charge on any atom is 0.238 e. The molecule has 0 N–H and O–H groups in total. The Morgan fingerprint density at radius 3 is 1.87 bits per heavy atom. The average Bonchev–Trinajstić information content (AvgIpc) is 3.59. The van der Waals surface area contributed by atoms with Gasteiger partial charge in [-0.1, -0.05) is 133 Å². The van der Waals surface area contributed by atoms with Crippen LogP contribution in [0.4, 0.5) is 17.3 Å². The van der Waals surface area contributed by atoms with Crippen LogP contribution in [0.25, 0.3) is 88.5 Å². The standard InChI is InChI=1S/C47H28N4O/c1-2-10-29(11-3-1)30-20-22-32(23-21-30)45-48-46(35-24-25-37-36-16-6-7-19-42(36)52-43(37)28-35)50-47(49-45)51-40-18-9-15-31-14-8-17-38(44(31)40)39-26-33-12-4-5-13-34(33)27-41(39)51/h1-28H. The highest BCUT2D eigenvalue weighted by atomic mass is 16.3. The third-order valence-electron chi connectivity index (χ3n) is 10.2. The van der Waals surface area contributed by atoms with E-state index < -0.39 is 0 Å². The van der Waals surface area contributed by atoms with Gasteiger partial charge < -0.3 is 4.42 Å². The Kier molecular flexibility index (Phi) is 6.18. The van der Waals surface area contributed by atoms with E-state index in [2.05, 4.69) is 144 Å². The summed E-state index contributed by atoms with van der Waals surface area (Å²) in [5.74, 6) is 1.72. The molecule has 242 valence electrons. The van der Waals surface area contributed by atoms with Gasteiger partial charge in [-0.15, -0.1) is 0 Å². The number of fused-ring (bicyclic) bond motifs is 6. The third-order valence-corrected chi connectivity index (χ3v) is 10.2. The number of hydrogen-bond acceptors (Lipinski definition) is 5. The van der Waals surface area contributed by atoms with Gasteiger partial charge in [-0.2, -0.15) is 9.97 Å². The molecule has 0 fully saturated rings. The summed E-state index contributed by atoms with van der Waals surface area (Å²) in [7, 11) is 0.